The molecule has 1 aliphatic carbocycles. The molecule has 2 unspecified atom stereocenters. The number of aliphatic hydroxyl groups is 1. The summed E-state index contributed by atoms with van der Waals surface area (Å²) < 4.78 is 0. The van der Waals surface area contributed by atoms with Crippen molar-refractivity contribution < 1.29 is 5.11 Å². The molecule has 18 heavy (non-hydrogen) atoms. The minimum atomic E-state index is 0.256. The van der Waals surface area contributed by atoms with Gasteiger partial charge < -0.3 is 16.2 Å². The van der Waals surface area contributed by atoms with Gasteiger partial charge in [-0.05, 0) is 24.7 Å². The lowest BCUT2D eigenvalue weighted by Gasteiger charge is -2.30. The predicted molar refractivity (Wildman–Crippen MR) is 72.5 cm³/mol. The topological polar surface area (TPSA) is 84.1 Å². The Morgan fingerprint density at radius 2 is 2.06 bits per heavy atom. The normalized spacial score (nSPS) is 23.9. The third kappa shape index (κ3) is 3.03. The largest absolute Gasteiger partial charge is 0.396 e. The van der Waals surface area contributed by atoms with Crippen molar-refractivity contribution in [3.05, 3.63) is 11.3 Å². The molecule has 0 aromatic carbocycles. The lowest BCUT2D eigenvalue weighted by atomic mass is 9.79. The van der Waals surface area contributed by atoms with Crippen LogP contribution in [0.2, 0.25) is 5.02 Å². The van der Waals surface area contributed by atoms with Gasteiger partial charge in [0.05, 0.1) is 0 Å². The molecule has 0 spiro atoms. The monoisotopic (exact) mass is 270 g/mol. The number of nitrogens with two attached hydrogens (primary N) is 1. The second-order valence-electron chi connectivity index (χ2n) is 4.79. The Hall–Kier alpha value is -1.07. The number of aromatic nitrogens is 2. The third-order valence-electron chi connectivity index (χ3n) is 3.65. The molecule has 1 heterocycles. The van der Waals surface area contributed by atoms with Crippen molar-refractivity contribution in [2.24, 2.45) is 11.8 Å². The second kappa shape index (κ2) is 6.20. The van der Waals surface area contributed by atoms with Crippen LogP contribution in [0.4, 0.5) is 11.6 Å². The highest BCUT2D eigenvalue weighted by atomic mass is 35.5. The van der Waals surface area contributed by atoms with Crippen LogP contribution in [0.1, 0.15) is 25.7 Å². The van der Waals surface area contributed by atoms with Crippen LogP contribution >= 0.6 is 11.6 Å². The predicted octanol–water partition coefficient (Wildman–Crippen LogP) is 1.92. The van der Waals surface area contributed by atoms with E-state index in [0.29, 0.717) is 22.7 Å². The fourth-order valence-electron chi connectivity index (χ4n) is 2.53. The molecule has 1 aromatic heterocycles. The first kappa shape index (κ1) is 13.4. The highest BCUT2D eigenvalue weighted by molar-refractivity contribution is 6.35. The first-order chi connectivity index (χ1) is 8.72. The third-order valence-corrected chi connectivity index (χ3v) is 4.02. The van der Waals surface area contributed by atoms with Crippen molar-refractivity contribution in [3.63, 3.8) is 0 Å². The standard InChI is InChI=1S/C12H19ClN4O/c13-10-11(14)16-7-17-12(10)15-5-8-3-1-2-4-9(8)6-18/h7-9,18H,1-6H2,(H3,14,15,16,17). The number of rotatable bonds is 4. The number of hydrogen-bond donors (Lipinski definition) is 3. The summed E-state index contributed by atoms with van der Waals surface area (Å²) in [5.74, 6) is 1.71. The summed E-state index contributed by atoms with van der Waals surface area (Å²) >= 11 is 6.02. The van der Waals surface area contributed by atoms with Gasteiger partial charge in [-0.25, -0.2) is 9.97 Å². The number of halogens is 1. The van der Waals surface area contributed by atoms with E-state index >= 15 is 0 Å². The molecule has 1 fully saturated rings. The highest BCUT2D eigenvalue weighted by Gasteiger charge is 2.24. The van der Waals surface area contributed by atoms with E-state index in [-0.39, 0.29) is 12.4 Å². The Bertz CT molecular complexity index is 402. The van der Waals surface area contributed by atoms with E-state index in [2.05, 4.69) is 15.3 Å². The molecule has 1 saturated carbocycles. The summed E-state index contributed by atoms with van der Waals surface area (Å²) in [6, 6.07) is 0. The fraction of sp³-hybridized carbons (Fsp3) is 0.667. The molecular weight excluding hydrogens is 252 g/mol. The molecule has 0 aliphatic heterocycles. The van der Waals surface area contributed by atoms with Gasteiger partial charge in [-0.1, -0.05) is 24.4 Å². The molecule has 0 bridgehead atoms. The Balaban J connectivity index is 1.96. The lowest BCUT2D eigenvalue weighted by Crippen LogP contribution is -2.28. The Morgan fingerprint density at radius 1 is 1.33 bits per heavy atom. The summed E-state index contributed by atoms with van der Waals surface area (Å²) in [4.78, 5) is 7.90. The minimum Gasteiger partial charge on any atom is -0.396 e. The van der Waals surface area contributed by atoms with Crippen LogP contribution in [0.3, 0.4) is 0 Å². The SMILES string of the molecule is Nc1ncnc(NCC2CCCCC2CO)c1Cl. The van der Waals surface area contributed by atoms with E-state index in [0.717, 1.165) is 19.4 Å². The summed E-state index contributed by atoms with van der Waals surface area (Å²) in [6.07, 6.45) is 6.07. The van der Waals surface area contributed by atoms with Gasteiger partial charge in [-0.2, -0.15) is 0 Å². The first-order valence-electron chi connectivity index (χ1n) is 6.33. The fourth-order valence-corrected chi connectivity index (χ4v) is 2.69. The first-order valence-corrected chi connectivity index (χ1v) is 6.71. The molecule has 0 saturated heterocycles. The van der Waals surface area contributed by atoms with E-state index in [1.54, 1.807) is 0 Å². The summed E-state index contributed by atoms with van der Waals surface area (Å²) in [5, 5.41) is 12.9. The average molecular weight is 271 g/mol. The van der Waals surface area contributed by atoms with Crippen LogP contribution in [-0.2, 0) is 0 Å². The van der Waals surface area contributed by atoms with E-state index in [4.69, 9.17) is 17.3 Å². The molecule has 0 amide bonds. The highest BCUT2D eigenvalue weighted by Crippen LogP contribution is 2.30. The molecule has 100 valence electrons. The van der Waals surface area contributed by atoms with Crippen LogP contribution in [0.5, 0.6) is 0 Å². The van der Waals surface area contributed by atoms with Crippen LogP contribution in [-0.4, -0.2) is 28.2 Å². The van der Waals surface area contributed by atoms with E-state index < -0.39 is 0 Å². The van der Waals surface area contributed by atoms with E-state index in [9.17, 15) is 5.11 Å². The van der Waals surface area contributed by atoms with E-state index in [1.165, 1.54) is 19.2 Å². The summed E-state index contributed by atoms with van der Waals surface area (Å²) in [7, 11) is 0. The molecule has 4 N–H and O–H groups in total. The minimum absolute atomic E-state index is 0.256. The molecule has 2 atom stereocenters. The Labute approximate surface area is 112 Å². The number of nitrogens with zero attached hydrogens (tertiary/aromatic N) is 2. The average Bonchev–Trinajstić information content (AvgIpc) is 2.41. The molecule has 1 aromatic rings. The molecule has 2 rings (SSSR count). The van der Waals surface area contributed by atoms with Crippen molar-refractivity contribution in [1.82, 2.24) is 9.97 Å². The number of anilines is 2. The van der Waals surface area contributed by atoms with Crippen LogP contribution < -0.4 is 11.1 Å². The quantitative estimate of drug-likeness (QED) is 0.778. The van der Waals surface area contributed by atoms with Crippen molar-refractivity contribution in [1.29, 1.82) is 0 Å². The van der Waals surface area contributed by atoms with Crippen LogP contribution in [0.15, 0.2) is 6.33 Å². The Morgan fingerprint density at radius 3 is 2.78 bits per heavy atom. The lowest BCUT2D eigenvalue weighted by molar-refractivity contribution is 0.141. The zero-order valence-corrected chi connectivity index (χ0v) is 11.0. The maximum atomic E-state index is 9.36. The van der Waals surface area contributed by atoms with Crippen molar-refractivity contribution >= 4 is 23.2 Å². The summed E-state index contributed by atoms with van der Waals surface area (Å²) in [6.45, 7) is 1.02. The van der Waals surface area contributed by atoms with Crippen molar-refractivity contribution in [2.45, 2.75) is 25.7 Å². The molecule has 5 nitrogen and oxygen atoms in total. The summed E-state index contributed by atoms with van der Waals surface area (Å²) in [5.41, 5.74) is 5.62. The van der Waals surface area contributed by atoms with Crippen molar-refractivity contribution in [2.75, 3.05) is 24.2 Å². The molecule has 6 heteroatoms. The maximum absolute atomic E-state index is 9.36. The van der Waals surface area contributed by atoms with Crippen molar-refractivity contribution in [3.8, 4) is 0 Å². The maximum Gasteiger partial charge on any atom is 0.150 e. The van der Waals surface area contributed by atoms with Gasteiger partial charge in [-0.15, -0.1) is 0 Å². The smallest absolute Gasteiger partial charge is 0.150 e. The number of aliphatic hydroxyl groups excluding tert-OH is 1. The molecule has 0 radical (unpaired) electrons. The number of hydrogen-bond acceptors (Lipinski definition) is 5. The van der Waals surface area contributed by atoms with Gasteiger partial charge in [0.1, 0.15) is 23.0 Å². The van der Waals surface area contributed by atoms with Gasteiger partial charge in [0, 0.05) is 13.2 Å². The zero-order chi connectivity index (χ0) is 13.0. The van der Waals surface area contributed by atoms with Gasteiger partial charge in [0.25, 0.3) is 0 Å². The van der Waals surface area contributed by atoms with Crippen LogP contribution in [0.25, 0.3) is 0 Å². The molecule has 1 aliphatic rings. The van der Waals surface area contributed by atoms with Gasteiger partial charge in [-0.3, -0.25) is 0 Å². The Kier molecular flexibility index (Phi) is 4.60. The number of nitrogens with one attached hydrogen (secondary N) is 1. The van der Waals surface area contributed by atoms with Gasteiger partial charge >= 0.3 is 0 Å². The van der Waals surface area contributed by atoms with Gasteiger partial charge in [0.2, 0.25) is 0 Å². The van der Waals surface area contributed by atoms with E-state index in [1.807, 2.05) is 0 Å². The zero-order valence-electron chi connectivity index (χ0n) is 10.3. The van der Waals surface area contributed by atoms with Gasteiger partial charge in [0.15, 0.2) is 0 Å². The van der Waals surface area contributed by atoms with Crippen LogP contribution in [0, 0.1) is 11.8 Å². The second-order valence-corrected chi connectivity index (χ2v) is 5.17. The molecular formula is C12H19ClN4O. The number of nitrogen functional groups attached to an aromatic ring is 1.